The van der Waals surface area contributed by atoms with Gasteiger partial charge in [-0.15, -0.1) is 0 Å². The molecule has 152 valence electrons. The van der Waals surface area contributed by atoms with Crippen molar-refractivity contribution in [1.29, 1.82) is 0 Å². The number of carbonyl (C=O) groups is 1. The molecule has 1 saturated heterocycles. The number of benzene rings is 1. The Labute approximate surface area is 169 Å². The number of aryl methyl sites for hydroxylation is 3. The zero-order valence-corrected chi connectivity index (χ0v) is 17.0. The van der Waals surface area contributed by atoms with E-state index >= 15 is 0 Å². The molecular weight excluding hydrogens is 366 g/mol. The molecule has 0 bridgehead atoms. The van der Waals surface area contributed by atoms with Crippen molar-refractivity contribution in [2.24, 2.45) is 0 Å². The van der Waals surface area contributed by atoms with Crippen LogP contribution < -0.4 is 10.9 Å². The molecule has 1 amide bonds. The van der Waals surface area contributed by atoms with Crippen LogP contribution in [-0.2, 0) is 12.8 Å². The molecule has 3 heterocycles. The van der Waals surface area contributed by atoms with Crippen LogP contribution in [0.4, 0.5) is 0 Å². The third kappa shape index (κ3) is 3.98. The Hall–Kier alpha value is -2.86. The number of para-hydroxylation sites is 1. The average molecular weight is 393 g/mol. The van der Waals surface area contributed by atoms with Gasteiger partial charge in [0.05, 0.1) is 0 Å². The van der Waals surface area contributed by atoms with Crippen molar-refractivity contribution in [2.75, 3.05) is 19.6 Å². The Balaban J connectivity index is 1.51. The maximum Gasteiger partial charge on any atom is 0.349 e. The third-order valence-electron chi connectivity index (χ3n) is 5.76. The number of fused-ring (bicyclic) bond motifs is 1. The summed E-state index contributed by atoms with van der Waals surface area (Å²) in [6.07, 6.45) is 4.32. The number of aromatic nitrogens is 1. The molecule has 1 aliphatic heterocycles. The first-order valence-electron chi connectivity index (χ1n) is 10.3. The summed E-state index contributed by atoms with van der Waals surface area (Å²) in [5, 5.41) is 4.57. The number of rotatable bonds is 5. The van der Waals surface area contributed by atoms with E-state index in [1.165, 1.54) is 10.9 Å². The Morgan fingerprint density at radius 1 is 1.28 bits per heavy atom. The van der Waals surface area contributed by atoms with E-state index in [-0.39, 0.29) is 17.5 Å². The Morgan fingerprint density at radius 3 is 2.90 bits per heavy atom. The van der Waals surface area contributed by atoms with Gasteiger partial charge in [-0.2, -0.15) is 0 Å². The second-order valence-corrected chi connectivity index (χ2v) is 7.73. The number of H-pyrrole nitrogens is 1. The lowest BCUT2D eigenvalue weighted by molar-refractivity contribution is 0.0695. The molecule has 0 aliphatic carbocycles. The maximum absolute atomic E-state index is 12.9. The topological polar surface area (TPSA) is 78.3 Å². The number of nitrogens with zero attached hydrogens (tertiary/aromatic N) is 1. The van der Waals surface area contributed by atoms with Crippen molar-refractivity contribution in [3.63, 3.8) is 0 Å². The van der Waals surface area contributed by atoms with Crippen LogP contribution in [0.5, 0.6) is 0 Å². The van der Waals surface area contributed by atoms with Crippen molar-refractivity contribution in [3.05, 3.63) is 69.4 Å². The summed E-state index contributed by atoms with van der Waals surface area (Å²) in [4.78, 5) is 30.6. The molecule has 29 heavy (non-hydrogen) atoms. The maximum atomic E-state index is 12.9. The summed E-state index contributed by atoms with van der Waals surface area (Å²) in [5.74, 6) is 0.389. The standard InChI is InChI=1S/C23H27N3O3/c1-3-17-14-26(11-10-24-17)22(27)21-15(2)12-18(29-23(21)28)9-8-16-13-25-20-7-5-4-6-19(16)20/h4-7,12-13,17,24-25H,3,8-11,14H2,1-2H3. The van der Waals surface area contributed by atoms with Crippen LogP contribution in [0, 0.1) is 6.92 Å². The van der Waals surface area contributed by atoms with Gasteiger partial charge in [0.2, 0.25) is 0 Å². The Morgan fingerprint density at radius 2 is 2.10 bits per heavy atom. The van der Waals surface area contributed by atoms with Gasteiger partial charge in [0.1, 0.15) is 11.3 Å². The van der Waals surface area contributed by atoms with Crippen molar-refractivity contribution in [3.8, 4) is 0 Å². The largest absolute Gasteiger partial charge is 0.427 e. The van der Waals surface area contributed by atoms with E-state index in [2.05, 4.69) is 23.3 Å². The van der Waals surface area contributed by atoms with Gasteiger partial charge in [-0.3, -0.25) is 4.79 Å². The van der Waals surface area contributed by atoms with E-state index < -0.39 is 5.63 Å². The minimum absolute atomic E-state index is 0.164. The van der Waals surface area contributed by atoms with Crippen molar-refractivity contribution in [1.82, 2.24) is 15.2 Å². The number of nitrogens with one attached hydrogen (secondary N) is 2. The minimum Gasteiger partial charge on any atom is -0.427 e. The van der Waals surface area contributed by atoms with Gasteiger partial charge in [-0.1, -0.05) is 25.1 Å². The van der Waals surface area contributed by atoms with Gasteiger partial charge in [0.15, 0.2) is 0 Å². The van der Waals surface area contributed by atoms with Crippen molar-refractivity contribution < 1.29 is 9.21 Å². The normalized spacial score (nSPS) is 17.0. The SMILES string of the molecule is CCC1CN(C(=O)c2c(C)cc(CCc3c[nH]c4ccccc34)oc2=O)CCN1. The zero-order chi connectivity index (χ0) is 20.4. The molecular formula is C23H27N3O3. The van der Waals surface area contributed by atoms with Crippen LogP contribution in [-0.4, -0.2) is 41.5 Å². The molecule has 2 N–H and O–H groups in total. The summed E-state index contributed by atoms with van der Waals surface area (Å²) < 4.78 is 5.54. The Bertz CT molecular complexity index is 1080. The smallest absolute Gasteiger partial charge is 0.349 e. The predicted molar refractivity (Wildman–Crippen MR) is 113 cm³/mol. The summed E-state index contributed by atoms with van der Waals surface area (Å²) in [5.41, 5.74) is 2.61. The van der Waals surface area contributed by atoms with Crippen LogP contribution in [0.3, 0.4) is 0 Å². The molecule has 2 aromatic heterocycles. The highest BCUT2D eigenvalue weighted by atomic mass is 16.4. The quantitative estimate of drug-likeness (QED) is 0.698. The van der Waals surface area contributed by atoms with Gasteiger partial charge in [0, 0.05) is 49.2 Å². The van der Waals surface area contributed by atoms with Crippen molar-refractivity contribution >= 4 is 16.8 Å². The second-order valence-electron chi connectivity index (χ2n) is 7.73. The fourth-order valence-corrected chi connectivity index (χ4v) is 4.09. The molecule has 1 unspecified atom stereocenters. The van der Waals surface area contributed by atoms with Crippen LogP contribution in [0.1, 0.15) is 40.6 Å². The lowest BCUT2D eigenvalue weighted by atomic mass is 10.0. The number of carbonyl (C=O) groups excluding carboxylic acids is 1. The molecule has 6 nitrogen and oxygen atoms in total. The fraction of sp³-hybridized carbons (Fsp3) is 0.391. The first kappa shape index (κ1) is 19.5. The summed E-state index contributed by atoms with van der Waals surface area (Å²) in [7, 11) is 0. The summed E-state index contributed by atoms with van der Waals surface area (Å²) in [6.45, 7) is 5.89. The second kappa shape index (κ2) is 8.25. The number of piperazine rings is 1. The van der Waals surface area contributed by atoms with Gasteiger partial charge in [-0.25, -0.2) is 4.79 Å². The molecule has 1 aromatic carbocycles. The molecule has 4 rings (SSSR count). The number of hydrogen-bond acceptors (Lipinski definition) is 4. The van der Waals surface area contributed by atoms with E-state index in [0.29, 0.717) is 30.8 Å². The molecule has 0 radical (unpaired) electrons. The summed E-state index contributed by atoms with van der Waals surface area (Å²) >= 11 is 0. The molecule has 1 atom stereocenters. The highest BCUT2D eigenvalue weighted by Crippen LogP contribution is 2.20. The molecule has 3 aromatic rings. The van der Waals surface area contributed by atoms with Crippen LogP contribution in [0.25, 0.3) is 10.9 Å². The van der Waals surface area contributed by atoms with Gasteiger partial charge >= 0.3 is 5.63 Å². The van der Waals surface area contributed by atoms with E-state index in [9.17, 15) is 9.59 Å². The van der Waals surface area contributed by atoms with Gasteiger partial charge in [-0.05, 0) is 43.0 Å². The minimum atomic E-state index is -0.532. The highest BCUT2D eigenvalue weighted by molar-refractivity contribution is 5.95. The highest BCUT2D eigenvalue weighted by Gasteiger charge is 2.27. The van der Waals surface area contributed by atoms with E-state index in [4.69, 9.17) is 4.42 Å². The monoisotopic (exact) mass is 393 g/mol. The summed E-state index contributed by atoms with van der Waals surface area (Å²) in [6, 6.07) is 10.3. The van der Waals surface area contributed by atoms with Crippen LogP contribution >= 0.6 is 0 Å². The molecule has 1 aliphatic rings. The first-order chi connectivity index (χ1) is 14.1. The molecule has 1 fully saturated rings. The first-order valence-corrected chi connectivity index (χ1v) is 10.3. The van der Waals surface area contributed by atoms with Crippen molar-refractivity contribution in [2.45, 2.75) is 39.2 Å². The van der Waals surface area contributed by atoms with E-state index in [0.717, 1.165) is 24.9 Å². The van der Waals surface area contributed by atoms with Crippen LogP contribution in [0.2, 0.25) is 0 Å². The van der Waals surface area contributed by atoms with E-state index in [1.807, 2.05) is 37.4 Å². The number of amides is 1. The van der Waals surface area contributed by atoms with E-state index in [1.54, 1.807) is 4.90 Å². The average Bonchev–Trinajstić information content (AvgIpc) is 3.15. The number of hydrogen-bond donors (Lipinski definition) is 2. The van der Waals surface area contributed by atoms with Gasteiger partial charge in [0.25, 0.3) is 5.91 Å². The molecule has 6 heteroatoms. The predicted octanol–water partition coefficient (Wildman–Crippen LogP) is 3.04. The number of aromatic amines is 1. The molecule has 0 spiro atoms. The fourth-order valence-electron chi connectivity index (χ4n) is 4.09. The lowest BCUT2D eigenvalue weighted by Crippen LogP contribution is -2.53. The zero-order valence-electron chi connectivity index (χ0n) is 17.0. The third-order valence-corrected chi connectivity index (χ3v) is 5.76. The Kier molecular flexibility index (Phi) is 5.53. The van der Waals surface area contributed by atoms with Gasteiger partial charge < -0.3 is 19.6 Å². The molecule has 0 saturated carbocycles. The van der Waals surface area contributed by atoms with Crippen LogP contribution in [0.15, 0.2) is 45.7 Å². The lowest BCUT2D eigenvalue weighted by Gasteiger charge is -2.33.